The largest absolute Gasteiger partial charge is 0.496 e. The maximum Gasteiger partial charge on any atom is 0.354 e. The number of para-hydroxylation sites is 1. The van der Waals surface area contributed by atoms with Crippen LogP contribution in [0.25, 0.3) is 0 Å². The van der Waals surface area contributed by atoms with E-state index in [-0.39, 0.29) is 22.9 Å². The Morgan fingerprint density at radius 1 is 1.07 bits per heavy atom. The Hall–Kier alpha value is -4.21. The Kier molecular flexibility index (Phi) is 6.72. The third-order valence-corrected chi connectivity index (χ3v) is 4.20. The Morgan fingerprint density at radius 2 is 1.77 bits per heavy atom. The van der Waals surface area contributed by atoms with Crippen LogP contribution in [0.4, 0.5) is 17.3 Å². The van der Waals surface area contributed by atoms with Crippen LogP contribution in [-0.2, 0) is 6.42 Å². The average Bonchev–Trinajstić information content (AvgIpc) is 2.78. The molecule has 30 heavy (non-hydrogen) atoms. The molecule has 0 aliphatic heterocycles. The van der Waals surface area contributed by atoms with Gasteiger partial charge in [-0.15, -0.1) is 0 Å². The molecule has 0 radical (unpaired) electrons. The van der Waals surface area contributed by atoms with Gasteiger partial charge in [0.1, 0.15) is 12.1 Å². The van der Waals surface area contributed by atoms with Crippen LogP contribution in [0.1, 0.15) is 15.9 Å². The molecule has 10 nitrogen and oxygen atoms in total. The number of anilines is 2. The van der Waals surface area contributed by atoms with E-state index in [1.54, 1.807) is 24.3 Å². The SMILES string of the molecule is COc1ccccc1C(=O)NNc1ncnc(NCCc2ccccc2)c1[N+](=O)[O-]. The van der Waals surface area contributed by atoms with E-state index in [0.29, 0.717) is 18.7 Å². The van der Waals surface area contributed by atoms with E-state index >= 15 is 0 Å². The molecule has 1 heterocycles. The number of carbonyl (C=O) groups is 1. The van der Waals surface area contributed by atoms with Crippen molar-refractivity contribution in [3.05, 3.63) is 82.2 Å². The fourth-order valence-corrected chi connectivity index (χ4v) is 2.76. The molecule has 0 spiro atoms. The summed E-state index contributed by atoms with van der Waals surface area (Å²) in [4.78, 5) is 31.3. The number of hydrogen-bond acceptors (Lipinski definition) is 8. The lowest BCUT2D eigenvalue weighted by atomic mass is 10.1. The predicted octanol–water partition coefficient (Wildman–Crippen LogP) is 2.80. The summed E-state index contributed by atoms with van der Waals surface area (Å²) in [5, 5.41) is 14.6. The topological polar surface area (TPSA) is 131 Å². The molecule has 0 fully saturated rings. The number of nitrogens with zero attached hydrogens (tertiary/aromatic N) is 3. The number of benzene rings is 2. The smallest absolute Gasteiger partial charge is 0.354 e. The highest BCUT2D eigenvalue weighted by Gasteiger charge is 2.23. The molecule has 1 amide bonds. The molecule has 0 saturated heterocycles. The van der Waals surface area contributed by atoms with Crippen LogP contribution in [0.3, 0.4) is 0 Å². The minimum Gasteiger partial charge on any atom is -0.496 e. The van der Waals surface area contributed by atoms with Crippen LogP contribution in [0, 0.1) is 10.1 Å². The van der Waals surface area contributed by atoms with E-state index in [4.69, 9.17) is 4.74 Å². The molecular formula is C20H20N6O4. The maximum atomic E-state index is 12.4. The van der Waals surface area contributed by atoms with Crippen molar-refractivity contribution in [2.75, 3.05) is 24.4 Å². The fourth-order valence-electron chi connectivity index (χ4n) is 2.76. The first-order valence-corrected chi connectivity index (χ1v) is 9.06. The van der Waals surface area contributed by atoms with Crippen molar-refractivity contribution in [3.8, 4) is 5.75 Å². The monoisotopic (exact) mass is 408 g/mol. The summed E-state index contributed by atoms with van der Waals surface area (Å²) in [6, 6.07) is 16.3. The Bertz CT molecular complexity index is 1030. The Morgan fingerprint density at radius 3 is 2.50 bits per heavy atom. The van der Waals surface area contributed by atoms with E-state index in [1.165, 1.54) is 13.4 Å². The van der Waals surface area contributed by atoms with Gasteiger partial charge in [-0.1, -0.05) is 42.5 Å². The van der Waals surface area contributed by atoms with E-state index in [9.17, 15) is 14.9 Å². The molecule has 3 N–H and O–H groups in total. The van der Waals surface area contributed by atoms with Crippen LogP contribution < -0.4 is 20.9 Å². The normalized spacial score (nSPS) is 10.2. The number of hydrazine groups is 1. The first-order valence-electron chi connectivity index (χ1n) is 9.06. The lowest BCUT2D eigenvalue weighted by Gasteiger charge is -2.12. The number of amides is 1. The molecular weight excluding hydrogens is 388 g/mol. The van der Waals surface area contributed by atoms with Gasteiger partial charge in [0.2, 0.25) is 11.6 Å². The highest BCUT2D eigenvalue weighted by atomic mass is 16.6. The molecule has 1 aromatic heterocycles. The van der Waals surface area contributed by atoms with E-state index in [1.807, 2.05) is 30.3 Å². The second-order valence-corrected chi connectivity index (χ2v) is 6.12. The van der Waals surface area contributed by atoms with Crippen molar-refractivity contribution in [2.45, 2.75) is 6.42 Å². The molecule has 0 unspecified atom stereocenters. The second-order valence-electron chi connectivity index (χ2n) is 6.12. The fraction of sp³-hybridized carbons (Fsp3) is 0.150. The van der Waals surface area contributed by atoms with Crippen molar-refractivity contribution >= 4 is 23.2 Å². The first kappa shape index (κ1) is 20.5. The van der Waals surface area contributed by atoms with Crippen LogP contribution in [-0.4, -0.2) is 34.5 Å². The molecule has 0 bridgehead atoms. The highest BCUT2D eigenvalue weighted by molar-refractivity contribution is 5.97. The van der Waals surface area contributed by atoms with Crippen LogP contribution in [0.15, 0.2) is 60.9 Å². The zero-order valence-corrected chi connectivity index (χ0v) is 16.2. The average molecular weight is 408 g/mol. The van der Waals surface area contributed by atoms with Gasteiger partial charge in [0.25, 0.3) is 5.91 Å². The van der Waals surface area contributed by atoms with Gasteiger partial charge in [-0.25, -0.2) is 9.97 Å². The Labute approximate surface area is 172 Å². The molecule has 0 saturated carbocycles. The second kappa shape index (κ2) is 9.82. The minimum absolute atomic E-state index is 0.0555. The molecule has 3 aromatic rings. The zero-order valence-electron chi connectivity index (χ0n) is 16.2. The summed E-state index contributed by atoms with van der Waals surface area (Å²) < 4.78 is 5.15. The minimum atomic E-state index is -0.609. The molecule has 0 atom stereocenters. The van der Waals surface area contributed by atoms with Gasteiger partial charge in [-0.2, -0.15) is 0 Å². The van der Waals surface area contributed by atoms with Gasteiger partial charge in [0.15, 0.2) is 0 Å². The van der Waals surface area contributed by atoms with Crippen molar-refractivity contribution in [1.82, 2.24) is 15.4 Å². The maximum absolute atomic E-state index is 12.4. The van der Waals surface area contributed by atoms with Crippen LogP contribution in [0.2, 0.25) is 0 Å². The lowest BCUT2D eigenvalue weighted by molar-refractivity contribution is -0.383. The van der Waals surface area contributed by atoms with Gasteiger partial charge in [0, 0.05) is 6.54 Å². The molecule has 3 rings (SSSR count). The molecule has 10 heteroatoms. The number of nitro groups is 1. The quantitative estimate of drug-likeness (QED) is 0.364. The van der Waals surface area contributed by atoms with Gasteiger partial charge in [-0.3, -0.25) is 25.8 Å². The zero-order chi connectivity index (χ0) is 21.3. The van der Waals surface area contributed by atoms with Crippen molar-refractivity contribution < 1.29 is 14.5 Å². The molecule has 154 valence electrons. The summed E-state index contributed by atoms with van der Waals surface area (Å²) >= 11 is 0. The van der Waals surface area contributed by atoms with E-state index in [2.05, 4.69) is 26.1 Å². The number of rotatable bonds is 9. The van der Waals surface area contributed by atoms with Crippen LogP contribution in [0.5, 0.6) is 5.75 Å². The summed E-state index contributed by atoms with van der Waals surface area (Å²) in [6.45, 7) is 0.439. The number of aromatic nitrogens is 2. The third kappa shape index (κ3) is 4.98. The van der Waals surface area contributed by atoms with E-state index < -0.39 is 10.8 Å². The van der Waals surface area contributed by atoms with Gasteiger partial charge < -0.3 is 10.1 Å². The summed E-state index contributed by atoms with van der Waals surface area (Å²) in [5.74, 6) is -0.239. The Balaban J connectivity index is 1.71. The van der Waals surface area contributed by atoms with Crippen LogP contribution >= 0.6 is 0 Å². The summed E-state index contributed by atoms with van der Waals surface area (Å²) in [5.41, 5.74) is 5.89. The lowest BCUT2D eigenvalue weighted by Crippen LogP contribution is -2.30. The third-order valence-electron chi connectivity index (χ3n) is 4.20. The van der Waals surface area contributed by atoms with Crippen molar-refractivity contribution in [1.29, 1.82) is 0 Å². The summed E-state index contributed by atoms with van der Waals surface area (Å²) in [6.07, 6.45) is 1.84. The van der Waals surface area contributed by atoms with Crippen molar-refractivity contribution in [3.63, 3.8) is 0 Å². The number of methoxy groups -OCH3 is 1. The first-order chi connectivity index (χ1) is 14.6. The molecule has 0 aliphatic carbocycles. The number of carbonyl (C=O) groups excluding carboxylic acids is 1. The highest BCUT2D eigenvalue weighted by Crippen LogP contribution is 2.28. The van der Waals surface area contributed by atoms with Gasteiger partial charge in [0.05, 0.1) is 17.6 Å². The van der Waals surface area contributed by atoms with Crippen molar-refractivity contribution in [2.24, 2.45) is 0 Å². The predicted molar refractivity (Wildman–Crippen MR) is 111 cm³/mol. The molecule has 0 aliphatic rings. The molecule has 2 aromatic carbocycles. The number of nitrogens with one attached hydrogen (secondary N) is 3. The van der Waals surface area contributed by atoms with Gasteiger partial charge in [-0.05, 0) is 24.1 Å². The summed E-state index contributed by atoms with van der Waals surface area (Å²) in [7, 11) is 1.45. The van der Waals surface area contributed by atoms with E-state index in [0.717, 1.165) is 5.56 Å². The standard InChI is InChI=1S/C20H20N6O4/c1-30-16-10-6-5-9-15(16)20(27)25-24-19-17(26(28)29)18(22-13-23-19)21-12-11-14-7-3-2-4-8-14/h2-10,13H,11-12H2,1H3,(H,25,27)(H2,21,22,23,24). The number of hydrogen-bond donors (Lipinski definition) is 3. The van der Waals surface area contributed by atoms with Gasteiger partial charge >= 0.3 is 5.69 Å². The number of ether oxygens (including phenoxy) is 1.